The Morgan fingerprint density at radius 2 is 1.89 bits per heavy atom. The van der Waals surface area contributed by atoms with Crippen LogP contribution in [0.4, 0.5) is 20.2 Å². The van der Waals surface area contributed by atoms with E-state index in [1.165, 1.54) is 12.3 Å². The summed E-state index contributed by atoms with van der Waals surface area (Å²) in [6, 6.07) is 10.6. The zero-order valence-electron chi connectivity index (χ0n) is 18.6. The van der Waals surface area contributed by atoms with E-state index in [2.05, 4.69) is 20.3 Å². The van der Waals surface area contributed by atoms with E-state index in [4.69, 9.17) is 7.85 Å². The number of imidazole rings is 1. The molecule has 0 aliphatic rings. The number of carbonyl (C=O) groups excluding carboxylic acids is 1. The van der Waals surface area contributed by atoms with Crippen LogP contribution in [0.1, 0.15) is 35.1 Å². The molecule has 0 unspecified atom stereocenters. The number of nitrogens with zero attached hydrogens (tertiary/aromatic N) is 2. The number of anilines is 2. The molecule has 2 heterocycles. The van der Waals surface area contributed by atoms with Crippen molar-refractivity contribution < 1.29 is 22.0 Å². The van der Waals surface area contributed by atoms with Gasteiger partial charge in [0.1, 0.15) is 25.1 Å². The van der Waals surface area contributed by atoms with Gasteiger partial charge in [0.2, 0.25) is 10.0 Å². The molecule has 2 aromatic heterocycles. The molecule has 0 fully saturated rings. The molecule has 0 bridgehead atoms. The Kier molecular flexibility index (Phi) is 6.83. The van der Waals surface area contributed by atoms with Gasteiger partial charge in [-0.2, -0.15) is 0 Å². The van der Waals surface area contributed by atoms with E-state index in [1.807, 2.05) is 16.9 Å². The highest BCUT2D eigenvalue weighted by molar-refractivity contribution is 7.92. The van der Waals surface area contributed by atoms with Gasteiger partial charge in [-0.3, -0.25) is 9.52 Å². The number of hydrogen-bond donors (Lipinski definition) is 3. The SMILES string of the molecule is [B]c1ccc(Cc2nc3ncc(NC(=O)c4c(F)ccc(NS(=O)(=O)CCC)c4F)cc3[nH]2)cc1. The summed E-state index contributed by atoms with van der Waals surface area (Å²) in [6.45, 7) is 1.64. The van der Waals surface area contributed by atoms with Gasteiger partial charge in [0.25, 0.3) is 5.91 Å². The minimum Gasteiger partial charge on any atom is -0.340 e. The zero-order chi connectivity index (χ0) is 25.2. The Labute approximate surface area is 201 Å². The van der Waals surface area contributed by atoms with Gasteiger partial charge in [-0.05, 0) is 30.2 Å². The van der Waals surface area contributed by atoms with E-state index >= 15 is 0 Å². The first-order chi connectivity index (χ1) is 16.6. The predicted octanol–water partition coefficient (Wildman–Crippen LogP) is 3.02. The number of rotatable bonds is 8. The number of amides is 1. The highest BCUT2D eigenvalue weighted by atomic mass is 32.2. The predicted molar refractivity (Wildman–Crippen MR) is 131 cm³/mol. The number of aromatic amines is 1. The average Bonchev–Trinajstić information content (AvgIpc) is 3.19. The molecular weight excluding hydrogens is 475 g/mol. The summed E-state index contributed by atoms with van der Waals surface area (Å²) >= 11 is 0. The second-order valence-corrected chi connectivity index (χ2v) is 9.70. The van der Waals surface area contributed by atoms with E-state index in [0.717, 1.165) is 17.7 Å². The van der Waals surface area contributed by atoms with Crippen molar-refractivity contribution in [3.63, 3.8) is 0 Å². The quantitative estimate of drug-likeness (QED) is 0.325. The molecule has 0 aliphatic heterocycles. The second kappa shape index (κ2) is 9.83. The van der Waals surface area contributed by atoms with Crippen LogP contribution in [-0.2, 0) is 16.4 Å². The summed E-state index contributed by atoms with van der Waals surface area (Å²) in [5, 5.41) is 2.39. The molecule has 178 valence electrons. The van der Waals surface area contributed by atoms with Crippen LogP contribution in [0.5, 0.6) is 0 Å². The van der Waals surface area contributed by atoms with Crippen LogP contribution in [0.25, 0.3) is 11.2 Å². The van der Waals surface area contributed by atoms with Gasteiger partial charge in [0.05, 0.1) is 28.8 Å². The first kappa shape index (κ1) is 24.3. The monoisotopic (exact) mass is 495 g/mol. The van der Waals surface area contributed by atoms with Crippen LogP contribution in [0.2, 0.25) is 0 Å². The molecule has 8 nitrogen and oxygen atoms in total. The highest BCUT2D eigenvalue weighted by Gasteiger charge is 2.23. The molecule has 12 heteroatoms. The fourth-order valence-electron chi connectivity index (χ4n) is 3.45. The lowest BCUT2D eigenvalue weighted by Crippen LogP contribution is -2.20. The van der Waals surface area contributed by atoms with Gasteiger partial charge in [-0.25, -0.2) is 27.2 Å². The van der Waals surface area contributed by atoms with Gasteiger partial charge >= 0.3 is 0 Å². The summed E-state index contributed by atoms with van der Waals surface area (Å²) in [5.74, 6) is -3.17. The van der Waals surface area contributed by atoms with Crippen molar-refractivity contribution in [1.82, 2.24) is 15.0 Å². The van der Waals surface area contributed by atoms with Crippen molar-refractivity contribution in [2.24, 2.45) is 0 Å². The molecule has 35 heavy (non-hydrogen) atoms. The number of halogens is 2. The molecule has 4 rings (SSSR count). The number of nitrogens with one attached hydrogen (secondary N) is 3. The van der Waals surface area contributed by atoms with Gasteiger partial charge in [0, 0.05) is 6.42 Å². The third-order valence-electron chi connectivity index (χ3n) is 5.05. The first-order valence-electron chi connectivity index (χ1n) is 10.6. The van der Waals surface area contributed by atoms with Crippen LogP contribution < -0.4 is 15.5 Å². The average molecular weight is 495 g/mol. The van der Waals surface area contributed by atoms with E-state index in [-0.39, 0.29) is 11.4 Å². The number of sulfonamides is 1. The van der Waals surface area contributed by atoms with Crippen LogP contribution in [0, 0.1) is 11.6 Å². The smallest absolute Gasteiger partial charge is 0.261 e. The van der Waals surface area contributed by atoms with Crippen molar-refractivity contribution in [3.8, 4) is 0 Å². The minimum atomic E-state index is -3.84. The van der Waals surface area contributed by atoms with Crippen LogP contribution in [0.3, 0.4) is 0 Å². The Balaban J connectivity index is 1.55. The number of benzene rings is 2. The lowest BCUT2D eigenvalue weighted by atomic mass is 9.95. The second-order valence-electron chi connectivity index (χ2n) is 7.86. The Hall–Kier alpha value is -3.80. The number of hydrogen-bond acceptors (Lipinski definition) is 5. The molecule has 0 atom stereocenters. The summed E-state index contributed by atoms with van der Waals surface area (Å²) in [5.41, 5.74) is 1.27. The molecular formula is C23H20BF2N5O3S. The standard InChI is InChI=1S/C23H20BF2N5O3S/c1-2-9-35(33,34)31-17-8-7-16(25)20(21(17)26)23(32)28-15-11-18-22(27-12-15)30-19(29-18)10-13-3-5-14(24)6-4-13/h3-8,11-12,31H,2,9-10H2,1H3,(H,28,32)(H,27,29,30). The number of pyridine rings is 1. The largest absolute Gasteiger partial charge is 0.340 e. The summed E-state index contributed by atoms with van der Waals surface area (Å²) < 4.78 is 55.2. The van der Waals surface area contributed by atoms with Crippen LogP contribution in [-0.4, -0.2) is 42.9 Å². The molecule has 2 aromatic carbocycles. The number of fused-ring (bicyclic) bond motifs is 1. The van der Waals surface area contributed by atoms with Crippen molar-refractivity contribution in [2.45, 2.75) is 19.8 Å². The van der Waals surface area contributed by atoms with Crippen molar-refractivity contribution in [2.75, 3.05) is 15.8 Å². The van der Waals surface area contributed by atoms with E-state index < -0.39 is 38.8 Å². The highest BCUT2D eigenvalue weighted by Crippen LogP contribution is 2.24. The molecule has 2 radical (unpaired) electrons. The molecule has 1 amide bonds. The number of carbonyl (C=O) groups is 1. The summed E-state index contributed by atoms with van der Waals surface area (Å²) in [6.07, 6.45) is 2.10. The maximum absolute atomic E-state index is 14.9. The van der Waals surface area contributed by atoms with Crippen molar-refractivity contribution in [1.29, 1.82) is 0 Å². The topological polar surface area (TPSA) is 117 Å². The molecule has 3 N–H and O–H groups in total. The fourth-order valence-corrected chi connectivity index (χ4v) is 4.58. The zero-order valence-corrected chi connectivity index (χ0v) is 19.4. The molecule has 0 saturated heterocycles. The lowest BCUT2D eigenvalue weighted by molar-refractivity contribution is 0.101. The Morgan fingerprint density at radius 1 is 1.14 bits per heavy atom. The molecule has 4 aromatic rings. The van der Waals surface area contributed by atoms with Crippen molar-refractivity contribution in [3.05, 3.63) is 77.2 Å². The Bertz CT molecular complexity index is 1510. The van der Waals surface area contributed by atoms with Crippen molar-refractivity contribution >= 4 is 51.8 Å². The van der Waals surface area contributed by atoms with E-state index in [0.29, 0.717) is 35.3 Å². The number of aromatic nitrogens is 3. The summed E-state index contributed by atoms with van der Waals surface area (Å²) in [4.78, 5) is 24.4. The number of H-pyrrole nitrogens is 1. The van der Waals surface area contributed by atoms with Crippen LogP contribution >= 0.6 is 0 Å². The van der Waals surface area contributed by atoms with E-state index in [9.17, 15) is 22.0 Å². The third-order valence-corrected chi connectivity index (χ3v) is 6.53. The fraction of sp³-hybridized carbons (Fsp3) is 0.174. The maximum Gasteiger partial charge on any atom is 0.261 e. The Morgan fingerprint density at radius 3 is 2.60 bits per heavy atom. The minimum absolute atomic E-state index is 0.168. The van der Waals surface area contributed by atoms with Gasteiger partial charge < -0.3 is 10.3 Å². The van der Waals surface area contributed by atoms with Gasteiger partial charge in [-0.1, -0.05) is 36.7 Å². The first-order valence-corrected chi connectivity index (χ1v) is 12.3. The van der Waals surface area contributed by atoms with Gasteiger partial charge in [0.15, 0.2) is 11.5 Å². The third kappa shape index (κ3) is 5.65. The van der Waals surface area contributed by atoms with E-state index in [1.54, 1.807) is 19.1 Å². The molecule has 0 aliphatic carbocycles. The molecule has 0 saturated carbocycles. The maximum atomic E-state index is 14.9. The summed E-state index contributed by atoms with van der Waals surface area (Å²) in [7, 11) is 1.86. The molecule has 0 spiro atoms. The van der Waals surface area contributed by atoms with Crippen LogP contribution in [0.15, 0.2) is 48.7 Å². The lowest BCUT2D eigenvalue weighted by Gasteiger charge is -2.12. The normalized spacial score (nSPS) is 11.5. The van der Waals surface area contributed by atoms with Gasteiger partial charge in [-0.15, -0.1) is 0 Å².